The summed E-state index contributed by atoms with van der Waals surface area (Å²) in [5, 5.41) is 11.4. The quantitative estimate of drug-likeness (QED) is 0.577. The van der Waals surface area contributed by atoms with Gasteiger partial charge in [-0.1, -0.05) is 24.8 Å². The normalized spacial score (nSPS) is 26.4. The van der Waals surface area contributed by atoms with Crippen molar-refractivity contribution >= 4 is 23.7 Å². The number of carbonyl (C=O) groups excluding carboxylic acids is 2. The molecule has 0 aromatic heterocycles. The molecule has 3 rings (SSSR count). The number of hydrogen-bond acceptors (Lipinski definition) is 5. The van der Waals surface area contributed by atoms with E-state index in [1.165, 1.54) is 0 Å². The number of nitrogens with one attached hydrogen (secondary N) is 1. The fourth-order valence-corrected chi connectivity index (χ4v) is 4.49. The van der Waals surface area contributed by atoms with Crippen molar-refractivity contribution in [2.24, 2.45) is 22.6 Å². The third-order valence-electron chi connectivity index (χ3n) is 6.00. The summed E-state index contributed by atoms with van der Waals surface area (Å²) in [6, 6.07) is -4.93. The Morgan fingerprint density at radius 2 is 1.97 bits per heavy atom. The van der Waals surface area contributed by atoms with Gasteiger partial charge in [0.1, 0.15) is 11.9 Å². The molecule has 3 amide bonds. The topological polar surface area (TPSA) is 125 Å². The van der Waals surface area contributed by atoms with Crippen LogP contribution in [0.2, 0.25) is 0 Å². The zero-order valence-corrected chi connectivity index (χ0v) is 16.3. The molecule has 1 saturated carbocycles. The molecule has 166 valence electrons. The summed E-state index contributed by atoms with van der Waals surface area (Å²) in [6.07, 6.45) is 0.194. The highest BCUT2D eigenvalue weighted by atomic mass is 19.4. The number of dihydropyridines is 1. The summed E-state index contributed by atoms with van der Waals surface area (Å²) in [5.74, 6) is -3.78. The van der Waals surface area contributed by atoms with Crippen molar-refractivity contribution in [3.05, 3.63) is 11.6 Å². The van der Waals surface area contributed by atoms with Crippen LogP contribution in [0.15, 0.2) is 16.6 Å². The number of amidine groups is 1. The molecule has 1 unspecified atom stereocenters. The minimum atomic E-state index is -4.69. The molecule has 1 saturated heterocycles. The van der Waals surface area contributed by atoms with Crippen LogP contribution in [0.25, 0.3) is 0 Å². The first-order valence-corrected chi connectivity index (χ1v) is 10.0. The number of carboxylic acids is 1. The second-order valence-corrected chi connectivity index (χ2v) is 8.03. The van der Waals surface area contributed by atoms with Gasteiger partial charge in [0.05, 0.1) is 5.92 Å². The molecule has 2 aliphatic heterocycles. The van der Waals surface area contributed by atoms with Gasteiger partial charge in [-0.2, -0.15) is 13.2 Å². The lowest BCUT2D eigenvalue weighted by Gasteiger charge is -2.44. The number of carbonyl (C=O) groups is 3. The van der Waals surface area contributed by atoms with Crippen molar-refractivity contribution < 1.29 is 32.7 Å². The smallest absolute Gasteiger partial charge is 0.408 e. The Hall–Kier alpha value is -2.59. The van der Waals surface area contributed by atoms with Crippen molar-refractivity contribution in [2.75, 3.05) is 6.54 Å². The van der Waals surface area contributed by atoms with E-state index in [0.717, 1.165) is 12.0 Å². The Labute approximate surface area is 171 Å². The van der Waals surface area contributed by atoms with Gasteiger partial charge in [-0.05, 0) is 37.7 Å². The van der Waals surface area contributed by atoms with Gasteiger partial charge < -0.3 is 16.2 Å². The van der Waals surface area contributed by atoms with E-state index in [2.05, 4.69) is 4.99 Å². The number of urea groups is 1. The number of halogens is 3. The first-order chi connectivity index (χ1) is 14.1. The maximum atomic E-state index is 13.6. The number of likely N-dealkylation sites (tertiary alicyclic amines) is 1. The number of β-lactam (4-membered cyclic amide) rings is 1. The Morgan fingerprint density at radius 1 is 1.30 bits per heavy atom. The maximum absolute atomic E-state index is 13.6. The van der Waals surface area contributed by atoms with Crippen LogP contribution in [0.3, 0.4) is 0 Å². The standard InChI is InChI=1S/C19H25F3N4O4/c20-19(21,22)15(11-4-2-1-3-5-11)25-18(30)26-14(17(28)29)12(16(26)27)8-10-6-7-24-13(23)9-10/h9,11-12,14-15H,1-8H2,(H2,23,24)(H,25,30)(H,28,29)/t12-,14+,15?/m1/s1. The van der Waals surface area contributed by atoms with Crippen LogP contribution in [-0.2, 0) is 9.59 Å². The molecule has 1 aliphatic carbocycles. The zero-order chi connectivity index (χ0) is 22.1. The van der Waals surface area contributed by atoms with Gasteiger partial charge in [0.15, 0.2) is 6.04 Å². The van der Waals surface area contributed by atoms with Crippen molar-refractivity contribution in [2.45, 2.75) is 63.2 Å². The zero-order valence-electron chi connectivity index (χ0n) is 16.3. The van der Waals surface area contributed by atoms with Crippen molar-refractivity contribution in [3.63, 3.8) is 0 Å². The summed E-state index contributed by atoms with van der Waals surface area (Å²) < 4.78 is 40.7. The Morgan fingerprint density at radius 3 is 2.53 bits per heavy atom. The molecule has 0 aromatic carbocycles. The highest BCUT2D eigenvalue weighted by molar-refractivity contribution is 6.07. The number of aliphatic carboxylic acids is 1. The second-order valence-electron chi connectivity index (χ2n) is 8.03. The van der Waals surface area contributed by atoms with Crippen LogP contribution >= 0.6 is 0 Å². The molecular weight excluding hydrogens is 405 g/mol. The number of hydrogen-bond donors (Lipinski definition) is 3. The number of imide groups is 1. The molecule has 30 heavy (non-hydrogen) atoms. The van der Waals surface area contributed by atoms with Crippen molar-refractivity contribution in [3.8, 4) is 0 Å². The van der Waals surface area contributed by atoms with E-state index in [1.54, 1.807) is 6.08 Å². The van der Waals surface area contributed by atoms with Crippen LogP contribution in [-0.4, -0.2) is 58.6 Å². The fourth-order valence-electron chi connectivity index (χ4n) is 4.49. The molecule has 0 spiro atoms. The Balaban J connectivity index is 1.72. The second kappa shape index (κ2) is 8.65. The molecule has 8 nitrogen and oxygen atoms in total. The van der Waals surface area contributed by atoms with Gasteiger partial charge in [-0.15, -0.1) is 0 Å². The fraction of sp³-hybridized carbons (Fsp3) is 0.684. The van der Waals surface area contributed by atoms with Crippen LogP contribution < -0.4 is 11.1 Å². The van der Waals surface area contributed by atoms with Gasteiger partial charge in [0.25, 0.3) is 0 Å². The molecule has 2 heterocycles. The molecule has 0 radical (unpaired) electrons. The molecule has 11 heteroatoms. The van der Waals surface area contributed by atoms with E-state index in [-0.39, 0.29) is 12.3 Å². The van der Waals surface area contributed by atoms with Crippen molar-refractivity contribution in [1.82, 2.24) is 10.2 Å². The molecule has 0 bridgehead atoms. The van der Waals surface area contributed by atoms with Crippen LogP contribution in [0.1, 0.15) is 44.9 Å². The highest BCUT2D eigenvalue weighted by Gasteiger charge is 2.56. The summed E-state index contributed by atoms with van der Waals surface area (Å²) >= 11 is 0. The summed E-state index contributed by atoms with van der Waals surface area (Å²) in [4.78, 5) is 41.1. The first-order valence-electron chi connectivity index (χ1n) is 10.0. The average molecular weight is 430 g/mol. The summed E-state index contributed by atoms with van der Waals surface area (Å²) in [5.41, 5.74) is 6.35. The number of nitrogens with two attached hydrogens (primary N) is 1. The van der Waals surface area contributed by atoms with E-state index >= 15 is 0 Å². The van der Waals surface area contributed by atoms with Gasteiger partial charge in [0.2, 0.25) is 5.91 Å². The number of rotatable bonds is 5. The maximum Gasteiger partial charge on any atom is 0.408 e. The van der Waals surface area contributed by atoms with E-state index in [4.69, 9.17) is 5.73 Å². The monoisotopic (exact) mass is 430 g/mol. The lowest BCUT2D eigenvalue weighted by atomic mass is 9.81. The average Bonchev–Trinajstić information content (AvgIpc) is 2.67. The lowest BCUT2D eigenvalue weighted by Crippen LogP contribution is -2.69. The van der Waals surface area contributed by atoms with Crippen LogP contribution in [0.4, 0.5) is 18.0 Å². The highest BCUT2D eigenvalue weighted by Crippen LogP contribution is 2.37. The third-order valence-corrected chi connectivity index (χ3v) is 6.00. The summed E-state index contributed by atoms with van der Waals surface area (Å²) in [7, 11) is 0. The minimum absolute atomic E-state index is 0.0706. The van der Waals surface area contributed by atoms with Crippen molar-refractivity contribution in [1.29, 1.82) is 0 Å². The summed E-state index contributed by atoms with van der Waals surface area (Å²) in [6.45, 7) is 0.412. The Kier molecular flexibility index (Phi) is 6.37. The number of nitrogens with zero attached hydrogens (tertiary/aromatic N) is 2. The number of carboxylic acid groups (broad SMARTS) is 1. The molecule has 4 N–H and O–H groups in total. The van der Waals surface area contributed by atoms with Crippen LogP contribution in [0, 0.1) is 11.8 Å². The van der Waals surface area contributed by atoms with E-state index in [9.17, 15) is 32.7 Å². The van der Waals surface area contributed by atoms with Gasteiger partial charge in [-0.25, -0.2) is 14.5 Å². The largest absolute Gasteiger partial charge is 0.480 e. The number of alkyl halides is 3. The molecular formula is C19H25F3N4O4. The van der Waals surface area contributed by atoms with E-state index in [0.29, 0.717) is 43.5 Å². The number of aliphatic imine (C=N–C) groups is 1. The third kappa shape index (κ3) is 4.59. The first kappa shape index (κ1) is 22.1. The molecule has 0 aromatic rings. The predicted molar refractivity (Wildman–Crippen MR) is 101 cm³/mol. The number of amides is 3. The Bertz CT molecular complexity index is 774. The van der Waals surface area contributed by atoms with Gasteiger partial charge in [0, 0.05) is 6.54 Å². The molecule has 3 atom stereocenters. The molecule has 3 aliphatic rings. The van der Waals surface area contributed by atoms with E-state index in [1.807, 2.05) is 5.32 Å². The SMILES string of the molecule is NC1=NCCC(C[C@H]2C(=O)N(C(=O)NC(C3CCCCC3)C(F)(F)F)[C@@H]2C(=O)O)=C1. The lowest BCUT2D eigenvalue weighted by molar-refractivity contribution is -0.172. The predicted octanol–water partition coefficient (Wildman–Crippen LogP) is 2.20. The van der Waals surface area contributed by atoms with E-state index < -0.39 is 48.0 Å². The molecule has 2 fully saturated rings. The van der Waals surface area contributed by atoms with Gasteiger partial charge in [-0.3, -0.25) is 9.79 Å². The van der Waals surface area contributed by atoms with Gasteiger partial charge >= 0.3 is 18.2 Å². The van der Waals surface area contributed by atoms with Crippen LogP contribution in [0.5, 0.6) is 0 Å². The minimum Gasteiger partial charge on any atom is -0.480 e.